The molecule has 0 spiro atoms. The molecule has 0 radical (unpaired) electrons. The van der Waals surface area contributed by atoms with Crippen molar-refractivity contribution < 1.29 is 0 Å². The maximum Gasteiger partial charge on any atom is 0.0727 e. The Hall–Kier alpha value is -14.1. The van der Waals surface area contributed by atoms with E-state index in [4.69, 9.17) is 0 Å². The Bertz CT molecular complexity index is 8850. The van der Waals surface area contributed by atoms with Crippen LogP contribution in [0.1, 0.15) is 0 Å². The summed E-state index contributed by atoms with van der Waals surface area (Å²) in [5.41, 5.74) is 26.4. The maximum atomic E-state index is 2.43. The SMILES string of the molecule is c1ccc(-n2c3ccccc3c3sc4cc(-c5ccc(-c6ccc7sc8ccccc8c7c6)cc5)ccc4c32)cc1.c1ccc(-n2c3ccccc3c3sc4cc(-c5ccc(-c6cccc7sc8ccccc8c67)cc5)ccc4c32)cc1.c1ccc(-n2c3ccccc3c3sc4ccc(-c5ccc(-c6cccc7c6sc6ccccc67)cc5)cc4c32)cc1. The summed E-state index contributed by atoms with van der Waals surface area (Å²) in [6, 6.07) is 153. The quantitative estimate of drug-likeness (QED) is 0.137. The first-order valence-electron chi connectivity index (χ1n) is 41.6. The summed E-state index contributed by atoms with van der Waals surface area (Å²) >= 11 is 11.3. The second-order valence-corrected chi connectivity index (χ2v) is 38.0. The standard InChI is InChI=1S/3C38H23NS2/c1-2-9-27(10-3-1)39-33-15-6-4-12-31(33)38-36(39)32-23-26(21-22-35(32)41-38)24-17-19-25(20-18-24)28-13-8-14-30-29-11-5-7-16-34(29)40-37(28)30;1-2-9-27(10-3-1)39-32-14-6-4-11-29(32)38-37(39)31-22-21-26(23-35(31)41-38)24-17-19-25(20-18-24)28-13-8-16-34-36(28)30-12-5-7-15-33(30)40-34;1-2-8-28(9-3-1)39-33-12-6-4-11-30(33)38-37(39)31-20-18-27(23-36(31)41-38)25-16-14-24(15-17-25)26-19-21-35-32(22-26)29-10-5-7-13-34(29)40-35/h3*1-23H. The molecular weight excluding hydrogens is 1600 g/mol. The fourth-order valence-electron chi connectivity index (χ4n) is 18.9. The Morgan fingerprint density at radius 3 is 0.943 bits per heavy atom. The minimum Gasteiger partial charge on any atom is -0.308 e. The molecule has 0 aliphatic heterocycles. The van der Waals surface area contributed by atoms with Crippen LogP contribution < -0.4 is 0 Å². The molecule has 9 aromatic heterocycles. The van der Waals surface area contributed by atoms with Crippen LogP contribution in [0.3, 0.4) is 0 Å². The first kappa shape index (κ1) is 71.8. The molecule has 0 amide bonds. The Balaban J connectivity index is 0.000000101. The summed E-state index contributed by atoms with van der Waals surface area (Å²) < 4.78 is 23.4. The van der Waals surface area contributed by atoms with Crippen LogP contribution in [-0.2, 0) is 0 Å². The second kappa shape index (κ2) is 29.4. The topological polar surface area (TPSA) is 14.8 Å². The van der Waals surface area contributed by atoms with Gasteiger partial charge in [0.2, 0.25) is 0 Å². The van der Waals surface area contributed by atoms with E-state index in [1.165, 1.54) is 238 Å². The molecule has 18 aromatic carbocycles. The molecule has 0 aliphatic rings. The molecular formula is C114H69N3S6. The Labute approximate surface area is 731 Å². The lowest BCUT2D eigenvalue weighted by molar-refractivity contribution is 1.19. The zero-order valence-electron chi connectivity index (χ0n) is 66.1. The number of aromatic nitrogens is 3. The Morgan fingerprint density at radius 2 is 0.447 bits per heavy atom. The molecule has 27 aromatic rings. The van der Waals surface area contributed by atoms with Gasteiger partial charge in [0.25, 0.3) is 0 Å². The number of hydrogen-bond acceptors (Lipinski definition) is 6. The number of fused-ring (bicyclic) bond motifs is 24. The third-order valence-electron chi connectivity index (χ3n) is 24.7. The van der Waals surface area contributed by atoms with Gasteiger partial charge in [0.1, 0.15) is 0 Å². The van der Waals surface area contributed by atoms with Crippen LogP contribution in [0.15, 0.2) is 419 Å². The molecule has 0 unspecified atom stereocenters. The predicted molar refractivity (Wildman–Crippen MR) is 540 cm³/mol. The third kappa shape index (κ3) is 12.0. The lowest BCUT2D eigenvalue weighted by atomic mass is 9.97. The number of rotatable bonds is 9. The van der Waals surface area contributed by atoms with Crippen LogP contribution in [0.5, 0.6) is 0 Å². The molecule has 0 aliphatic carbocycles. The van der Waals surface area contributed by atoms with E-state index in [1.807, 2.05) is 68.0 Å². The number of hydrogen-bond donors (Lipinski definition) is 0. The van der Waals surface area contributed by atoms with E-state index in [0.29, 0.717) is 0 Å². The highest BCUT2D eigenvalue weighted by Gasteiger charge is 2.24. The zero-order chi connectivity index (χ0) is 80.7. The highest BCUT2D eigenvalue weighted by Crippen LogP contribution is 2.50. The number of thiophene rings is 6. The molecule has 0 saturated heterocycles. The monoisotopic (exact) mass is 1670 g/mol. The van der Waals surface area contributed by atoms with Crippen LogP contribution in [0, 0.1) is 0 Å². The van der Waals surface area contributed by atoms with Crippen molar-refractivity contribution in [2.24, 2.45) is 0 Å². The van der Waals surface area contributed by atoms with Crippen molar-refractivity contribution in [3.05, 3.63) is 419 Å². The van der Waals surface area contributed by atoms with Gasteiger partial charge in [0.05, 0.1) is 47.2 Å². The average molecular weight is 1670 g/mol. The summed E-state index contributed by atoms with van der Waals surface area (Å²) in [5, 5.41) is 15.9. The molecule has 0 N–H and O–H groups in total. The number of nitrogens with zero attached hydrogens (tertiary/aromatic N) is 3. The van der Waals surface area contributed by atoms with Gasteiger partial charge in [-0.05, 0) is 182 Å². The van der Waals surface area contributed by atoms with Crippen molar-refractivity contribution in [2.75, 3.05) is 0 Å². The van der Waals surface area contributed by atoms with Gasteiger partial charge in [0, 0.05) is 124 Å². The van der Waals surface area contributed by atoms with E-state index in [9.17, 15) is 0 Å². The van der Waals surface area contributed by atoms with Crippen molar-refractivity contribution in [1.29, 1.82) is 0 Å². The van der Waals surface area contributed by atoms with Crippen LogP contribution in [0.25, 0.3) is 238 Å². The summed E-state index contributed by atoms with van der Waals surface area (Å²) in [5.74, 6) is 0. The normalized spacial score (nSPS) is 11.9. The first-order valence-corrected chi connectivity index (χ1v) is 46.5. The first-order chi connectivity index (χ1) is 61.0. The smallest absolute Gasteiger partial charge is 0.0727 e. The van der Waals surface area contributed by atoms with Gasteiger partial charge in [-0.1, -0.05) is 303 Å². The average Bonchev–Trinajstić information content (AvgIpc) is 1.57. The predicted octanol–water partition coefficient (Wildman–Crippen LogP) is 35.1. The van der Waals surface area contributed by atoms with Crippen molar-refractivity contribution >= 4 is 222 Å². The molecule has 9 heterocycles. The van der Waals surface area contributed by atoms with Gasteiger partial charge in [-0.15, -0.1) is 68.0 Å². The molecule has 9 heteroatoms. The minimum atomic E-state index is 1.20. The van der Waals surface area contributed by atoms with Crippen LogP contribution in [0.2, 0.25) is 0 Å². The van der Waals surface area contributed by atoms with Crippen molar-refractivity contribution in [1.82, 2.24) is 13.7 Å². The van der Waals surface area contributed by atoms with E-state index >= 15 is 0 Å². The van der Waals surface area contributed by atoms with Crippen molar-refractivity contribution in [3.8, 4) is 83.8 Å². The summed E-state index contributed by atoms with van der Waals surface area (Å²) in [6.07, 6.45) is 0. The number of para-hydroxylation sites is 6. The summed E-state index contributed by atoms with van der Waals surface area (Å²) in [4.78, 5) is 0. The summed E-state index contributed by atoms with van der Waals surface area (Å²) in [6.45, 7) is 0. The molecule has 27 rings (SSSR count). The highest BCUT2D eigenvalue weighted by molar-refractivity contribution is 7.28. The molecule has 0 saturated carbocycles. The largest absolute Gasteiger partial charge is 0.308 e. The fraction of sp³-hybridized carbons (Fsp3) is 0. The van der Waals surface area contributed by atoms with Gasteiger partial charge < -0.3 is 13.7 Å². The lowest BCUT2D eigenvalue weighted by Crippen LogP contribution is -1.92. The molecule has 576 valence electrons. The van der Waals surface area contributed by atoms with E-state index in [0.717, 1.165) is 0 Å². The zero-order valence-corrected chi connectivity index (χ0v) is 71.0. The number of benzene rings is 18. The molecule has 0 bridgehead atoms. The maximum absolute atomic E-state index is 2.43. The fourth-order valence-corrected chi connectivity index (χ4v) is 26.1. The van der Waals surface area contributed by atoms with Gasteiger partial charge in [-0.25, -0.2) is 0 Å². The summed E-state index contributed by atoms with van der Waals surface area (Å²) in [7, 11) is 0. The van der Waals surface area contributed by atoms with E-state index in [1.54, 1.807) is 0 Å². The highest BCUT2D eigenvalue weighted by atomic mass is 32.1. The van der Waals surface area contributed by atoms with Crippen LogP contribution >= 0.6 is 68.0 Å². The van der Waals surface area contributed by atoms with Gasteiger partial charge >= 0.3 is 0 Å². The van der Waals surface area contributed by atoms with Gasteiger partial charge in [-0.2, -0.15) is 0 Å². The molecule has 0 fully saturated rings. The van der Waals surface area contributed by atoms with Crippen LogP contribution in [-0.4, -0.2) is 13.7 Å². The molecule has 123 heavy (non-hydrogen) atoms. The Morgan fingerprint density at radius 1 is 0.146 bits per heavy atom. The van der Waals surface area contributed by atoms with Crippen molar-refractivity contribution in [3.63, 3.8) is 0 Å². The lowest BCUT2D eigenvalue weighted by Gasteiger charge is -2.09. The minimum absolute atomic E-state index is 1.20. The van der Waals surface area contributed by atoms with Crippen molar-refractivity contribution in [2.45, 2.75) is 0 Å². The van der Waals surface area contributed by atoms with Crippen LogP contribution in [0.4, 0.5) is 0 Å². The van der Waals surface area contributed by atoms with Gasteiger partial charge in [0.15, 0.2) is 0 Å². The Kier molecular flexibility index (Phi) is 17.1. The molecule has 0 atom stereocenters. The van der Waals surface area contributed by atoms with Gasteiger partial charge in [-0.3, -0.25) is 0 Å². The third-order valence-corrected chi connectivity index (χ3v) is 31.7. The molecule has 3 nitrogen and oxygen atoms in total. The van der Waals surface area contributed by atoms with E-state index < -0.39 is 0 Å². The van der Waals surface area contributed by atoms with E-state index in [-0.39, 0.29) is 0 Å². The van der Waals surface area contributed by atoms with E-state index in [2.05, 4.69) is 432 Å². The second-order valence-electron chi connectivity index (χ2n) is 31.6.